The van der Waals surface area contributed by atoms with Crippen LogP contribution in [-0.2, 0) is 14.8 Å². The Bertz CT molecular complexity index is 1450. The molecule has 0 aliphatic carbocycles. The van der Waals surface area contributed by atoms with Gasteiger partial charge in [-0.2, -0.15) is 0 Å². The number of nitrogens with one attached hydrogen (secondary N) is 2. The number of hydrogen-bond acceptors (Lipinski definition) is 8. The highest BCUT2D eigenvalue weighted by atomic mass is 32.2. The molecule has 0 aliphatic heterocycles. The number of rotatable bonds is 7. The molecule has 0 fully saturated rings. The van der Waals surface area contributed by atoms with Crippen molar-refractivity contribution in [2.75, 3.05) is 10.0 Å². The molecule has 33 heavy (non-hydrogen) atoms. The second-order valence-corrected chi connectivity index (χ2v) is 11.7. The number of carbonyl (C=O) groups excluding carboxylic acids is 1. The predicted octanol–water partition coefficient (Wildman–Crippen LogP) is 5.37. The number of thiophene rings is 2. The molecule has 0 unspecified atom stereocenters. The largest absolute Gasteiger partial charge is 0.477 e. The highest BCUT2D eigenvalue weighted by molar-refractivity contribution is 7.94. The summed E-state index contributed by atoms with van der Waals surface area (Å²) < 4.78 is 29.1. The van der Waals surface area contributed by atoms with Gasteiger partial charge in [-0.1, -0.05) is 41.7 Å². The number of thiazole rings is 1. The van der Waals surface area contributed by atoms with E-state index < -0.39 is 16.0 Å². The molecule has 0 bridgehead atoms. The van der Waals surface area contributed by atoms with Crippen LogP contribution in [0.15, 0.2) is 52.1 Å². The van der Waals surface area contributed by atoms with Crippen LogP contribution in [0.25, 0.3) is 20.9 Å². The van der Waals surface area contributed by atoms with Crippen LogP contribution in [0.2, 0.25) is 0 Å². The fourth-order valence-electron chi connectivity index (χ4n) is 3.09. The van der Waals surface area contributed by atoms with Crippen LogP contribution >= 0.6 is 34.0 Å². The van der Waals surface area contributed by atoms with Gasteiger partial charge in [0.15, 0.2) is 9.34 Å². The molecular weight excluding hydrogens is 503 g/mol. The molecular formula is C21H17N3O5S4. The predicted molar refractivity (Wildman–Crippen MR) is 132 cm³/mol. The number of anilines is 2. The first-order chi connectivity index (χ1) is 15.7. The Kier molecular flexibility index (Phi) is 6.34. The quantitative estimate of drug-likeness (QED) is 0.302. The standard InChI is InChI=1S/C21H17N3O5S4/c1-11-20(32-21(22-11)23-12(2)25)33(28,29)24-15-10-16(13-6-4-3-5-7-13)31-17(15)14-8-9-30-18(14)19(26)27/h3-10,24H,1-2H3,(H,26,27)(H,22,23,25). The van der Waals surface area contributed by atoms with Crippen LogP contribution in [0.1, 0.15) is 22.3 Å². The third-order valence-electron chi connectivity index (χ3n) is 4.42. The van der Waals surface area contributed by atoms with Crippen molar-refractivity contribution < 1.29 is 23.1 Å². The molecule has 1 amide bonds. The summed E-state index contributed by atoms with van der Waals surface area (Å²) in [5, 5.41) is 13.9. The number of hydrogen-bond donors (Lipinski definition) is 3. The van der Waals surface area contributed by atoms with E-state index in [2.05, 4.69) is 15.0 Å². The first-order valence-corrected chi connectivity index (χ1v) is 13.4. The van der Waals surface area contributed by atoms with Crippen molar-refractivity contribution >= 4 is 66.7 Å². The fraction of sp³-hybridized carbons (Fsp3) is 0.0952. The Hall–Kier alpha value is -3.06. The average molecular weight is 520 g/mol. The maximum absolute atomic E-state index is 13.2. The van der Waals surface area contributed by atoms with E-state index >= 15 is 0 Å². The van der Waals surface area contributed by atoms with Gasteiger partial charge in [-0.3, -0.25) is 9.52 Å². The van der Waals surface area contributed by atoms with E-state index in [0.29, 0.717) is 10.4 Å². The maximum Gasteiger partial charge on any atom is 0.346 e. The van der Waals surface area contributed by atoms with E-state index in [-0.39, 0.29) is 31.5 Å². The molecule has 0 radical (unpaired) electrons. The number of carboxylic acids is 1. The Morgan fingerprint density at radius 1 is 1.09 bits per heavy atom. The summed E-state index contributed by atoms with van der Waals surface area (Å²) in [7, 11) is -4.06. The van der Waals surface area contributed by atoms with Crippen molar-refractivity contribution in [1.82, 2.24) is 4.98 Å². The molecule has 0 saturated heterocycles. The summed E-state index contributed by atoms with van der Waals surface area (Å²) in [6.07, 6.45) is 0. The molecule has 170 valence electrons. The lowest BCUT2D eigenvalue weighted by Gasteiger charge is -2.08. The number of nitrogens with zero attached hydrogens (tertiary/aromatic N) is 1. The van der Waals surface area contributed by atoms with Gasteiger partial charge in [0.2, 0.25) is 5.91 Å². The van der Waals surface area contributed by atoms with Gasteiger partial charge in [0.05, 0.1) is 16.3 Å². The number of sulfonamides is 1. The van der Waals surface area contributed by atoms with Gasteiger partial charge in [0, 0.05) is 17.4 Å². The Labute approximate surface area is 201 Å². The van der Waals surface area contributed by atoms with Crippen molar-refractivity contribution in [3.05, 3.63) is 58.4 Å². The lowest BCUT2D eigenvalue weighted by atomic mass is 10.1. The molecule has 0 saturated carbocycles. The summed E-state index contributed by atoms with van der Waals surface area (Å²) >= 11 is 3.22. The lowest BCUT2D eigenvalue weighted by Crippen LogP contribution is -2.12. The number of carboxylic acid groups (broad SMARTS) is 1. The molecule has 0 aliphatic rings. The summed E-state index contributed by atoms with van der Waals surface area (Å²) in [5.74, 6) is -1.44. The van der Waals surface area contributed by atoms with E-state index in [1.165, 1.54) is 18.3 Å². The van der Waals surface area contributed by atoms with Gasteiger partial charge >= 0.3 is 5.97 Å². The van der Waals surface area contributed by atoms with Gasteiger partial charge in [-0.05, 0) is 30.0 Å². The van der Waals surface area contributed by atoms with Crippen molar-refractivity contribution in [2.45, 2.75) is 18.1 Å². The van der Waals surface area contributed by atoms with Crippen molar-refractivity contribution in [3.63, 3.8) is 0 Å². The van der Waals surface area contributed by atoms with Crippen LogP contribution in [0.5, 0.6) is 0 Å². The number of carbonyl (C=O) groups is 2. The van der Waals surface area contributed by atoms with Crippen LogP contribution in [0.3, 0.4) is 0 Å². The normalized spacial score (nSPS) is 11.3. The maximum atomic E-state index is 13.2. The molecule has 3 aromatic heterocycles. The van der Waals surface area contributed by atoms with E-state index in [1.54, 1.807) is 24.4 Å². The zero-order valence-electron chi connectivity index (χ0n) is 17.3. The molecule has 0 spiro atoms. The summed E-state index contributed by atoms with van der Waals surface area (Å²) in [6.45, 7) is 2.86. The molecule has 4 aromatic rings. The number of aryl methyl sites for hydroxylation is 1. The van der Waals surface area contributed by atoms with Crippen LogP contribution in [0, 0.1) is 6.92 Å². The summed E-state index contributed by atoms with van der Waals surface area (Å²) in [6, 6.07) is 12.8. The van der Waals surface area contributed by atoms with Crippen molar-refractivity contribution in [1.29, 1.82) is 0 Å². The van der Waals surface area contributed by atoms with Crippen LogP contribution in [-0.4, -0.2) is 30.4 Å². The van der Waals surface area contributed by atoms with E-state index in [9.17, 15) is 23.1 Å². The summed E-state index contributed by atoms with van der Waals surface area (Å²) in [4.78, 5) is 28.6. The number of aromatic nitrogens is 1. The van der Waals surface area contributed by atoms with Crippen LogP contribution < -0.4 is 10.0 Å². The molecule has 4 rings (SSSR count). The molecule has 3 heterocycles. The van der Waals surface area contributed by atoms with Crippen LogP contribution in [0.4, 0.5) is 10.8 Å². The third-order valence-corrected chi connectivity index (χ3v) is 9.59. The second-order valence-electron chi connectivity index (χ2n) is 6.87. The third kappa shape index (κ3) is 4.83. The molecule has 0 atom stereocenters. The van der Waals surface area contributed by atoms with E-state index in [4.69, 9.17) is 0 Å². The smallest absolute Gasteiger partial charge is 0.346 e. The first kappa shape index (κ1) is 23.1. The van der Waals surface area contributed by atoms with Crippen molar-refractivity contribution in [3.8, 4) is 20.9 Å². The second kappa shape index (κ2) is 9.06. The highest BCUT2D eigenvalue weighted by Gasteiger charge is 2.26. The van der Waals surface area contributed by atoms with E-state index in [0.717, 1.165) is 33.1 Å². The van der Waals surface area contributed by atoms with Gasteiger partial charge < -0.3 is 10.4 Å². The first-order valence-electron chi connectivity index (χ1n) is 9.44. The summed E-state index contributed by atoms with van der Waals surface area (Å²) in [5.41, 5.74) is 1.84. The number of amides is 1. The van der Waals surface area contributed by atoms with E-state index in [1.807, 2.05) is 30.3 Å². The Balaban J connectivity index is 1.80. The van der Waals surface area contributed by atoms with Gasteiger partial charge in [-0.15, -0.1) is 22.7 Å². The topological polar surface area (TPSA) is 125 Å². The monoisotopic (exact) mass is 519 g/mol. The minimum Gasteiger partial charge on any atom is -0.477 e. The molecule has 1 aromatic carbocycles. The SMILES string of the molecule is CC(=O)Nc1nc(C)c(S(=O)(=O)Nc2cc(-c3ccccc3)sc2-c2ccsc2C(=O)O)s1. The zero-order valence-corrected chi connectivity index (χ0v) is 20.5. The fourth-order valence-corrected chi connectivity index (χ4v) is 7.63. The van der Waals surface area contributed by atoms with Gasteiger partial charge in [0.1, 0.15) is 4.88 Å². The average Bonchev–Trinajstić information content (AvgIpc) is 3.46. The number of aromatic carboxylic acids is 1. The minimum atomic E-state index is -4.06. The van der Waals surface area contributed by atoms with Crippen molar-refractivity contribution in [2.24, 2.45) is 0 Å². The minimum absolute atomic E-state index is 0.0339. The molecule has 8 nitrogen and oxygen atoms in total. The Morgan fingerprint density at radius 2 is 1.82 bits per heavy atom. The molecule has 12 heteroatoms. The highest BCUT2D eigenvalue weighted by Crippen LogP contribution is 2.45. The molecule has 3 N–H and O–H groups in total. The number of benzene rings is 1. The van der Waals surface area contributed by atoms with Gasteiger partial charge in [-0.25, -0.2) is 18.2 Å². The lowest BCUT2D eigenvalue weighted by molar-refractivity contribution is -0.114. The van der Waals surface area contributed by atoms with Gasteiger partial charge in [0.25, 0.3) is 10.0 Å². The Morgan fingerprint density at radius 3 is 2.48 bits per heavy atom. The zero-order chi connectivity index (χ0) is 23.8.